The lowest BCUT2D eigenvalue weighted by Gasteiger charge is -2.38. The summed E-state index contributed by atoms with van der Waals surface area (Å²) in [5, 5.41) is 0. The van der Waals surface area contributed by atoms with Crippen LogP contribution in [0.4, 0.5) is 4.39 Å². The summed E-state index contributed by atoms with van der Waals surface area (Å²) in [5.41, 5.74) is -0.451. The van der Waals surface area contributed by atoms with Crippen LogP contribution < -0.4 is 10.4 Å². The lowest BCUT2D eigenvalue weighted by Crippen LogP contribution is -2.56. The van der Waals surface area contributed by atoms with E-state index in [0.29, 0.717) is 30.4 Å². The molecule has 5 nitrogen and oxygen atoms in total. The molecular formula is C17H16FNO4S. The zero-order valence-electron chi connectivity index (χ0n) is 13.0. The number of rotatable bonds is 5. The number of nitrogens with zero attached hydrogens (tertiary/aromatic N) is 1. The number of thioether (sulfide) groups is 1. The fourth-order valence-electron chi connectivity index (χ4n) is 2.32. The summed E-state index contributed by atoms with van der Waals surface area (Å²) in [5.74, 6) is 0.959. The number of aryl methyl sites for hydroxylation is 1. The maximum absolute atomic E-state index is 12.8. The van der Waals surface area contributed by atoms with Crippen LogP contribution in [0.3, 0.4) is 0 Å². The van der Waals surface area contributed by atoms with Crippen LogP contribution in [0.5, 0.6) is 5.75 Å². The number of likely N-dealkylation sites (tertiary alicyclic amines) is 1. The van der Waals surface area contributed by atoms with E-state index < -0.39 is 5.63 Å². The van der Waals surface area contributed by atoms with E-state index in [1.807, 2.05) is 0 Å². The average Bonchev–Trinajstić information content (AvgIpc) is 2.48. The molecule has 1 fully saturated rings. The molecule has 1 aliphatic heterocycles. The maximum Gasteiger partial charge on any atom is 0.339 e. The van der Waals surface area contributed by atoms with Crippen LogP contribution >= 0.6 is 11.8 Å². The van der Waals surface area contributed by atoms with Gasteiger partial charge in [0.15, 0.2) is 0 Å². The van der Waals surface area contributed by atoms with Crippen molar-refractivity contribution in [3.8, 4) is 5.75 Å². The smallest absolute Gasteiger partial charge is 0.339 e. The number of ether oxygens (including phenoxy) is 1. The lowest BCUT2D eigenvalue weighted by atomic mass is 10.1. The van der Waals surface area contributed by atoms with Gasteiger partial charge < -0.3 is 14.1 Å². The number of hydrogen-bond acceptors (Lipinski definition) is 5. The first-order valence-electron chi connectivity index (χ1n) is 7.44. The second-order valence-corrected chi connectivity index (χ2v) is 6.55. The molecule has 0 radical (unpaired) electrons. The number of halogens is 1. The van der Waals surface area contributed by atoms with Crippen molar-refractivity contribution in [3.05, 3.63) is 58.4 Å². The van der Waals surface area contributed by atoms with Gasteiger partial charge in [0.2, 0.25) is 5.91 Å². The second kappa shape index (κ2) is 7.09. The fraction of sp³-hybridized carbons (Fsp3) is 0.294. The highest BCUT2D eigenvalue weighted by Crippen LogP contribution is 2.22. The number of hydrogen-bond donors (Lipinski definition) is 0. The van der Waals surface area contributed by atoms with Gasteiger partial charge in [-0.1, -0.05) is 0 Å². The summed E-state index contributed by atoms with van der Waals surface area (Å²) < 4.78 is 23.4. The van der Waals surface area contributed by atoms with Crippen LogP contribution in [0.1, 0.15) is 5.76 Å². The Morgan fingerprint density at radius 3 is 2.71 bits per heavy atom. The third kappa shape index (κ3) is 4.17. The number of carbonyl (C=O) groups is 1. The van der Waals surface area contributed by atoms with Crippen molar-refractivity contribution in [3.63, 3.8) is 0 Å². The number of carbonyl (C=O) groups excluding carboxylic acids is 1. The lowest BCUT2D eigenvalue weighted by molar-refractivity contribution is -0.137. The van der Waals surface area contributed by atoms with Crippen LogP contribution in [0.2, 0.25) is 0 Å². The molecule has 1 aromatic heterocycles. The van der Waals surface area contributed by atoms with Crippen LogP contribution in [-0.2, 0) is 4.79 Å². The predicted molar refractivity (Wildman–Crippen MR) is 87.8 cm³/mol. The zero-order chi connectivity index (χ0) is 17.1. The molecule has 1 amide bonds. The Labute approximate surface area is 142 Å². The van der Waals surface area contributed by atoms with E-state index in [9.17, 15) is 14.0 Å². The summed E-state index contributed by atoms with van der Waals surface area (Å²) in [4.78, 5) is 25.9. The first kappa shape index (κ1) is 16.6. The van der Waals surface area contributed by atoms with E-state index in [2.05, 4.69) is 0 Å². The van der Waals surface area contributed by atoms with Gasteiger partial charge in [-0.15, -0.1) is 11.8 Å². The molecule has 0 spiro atoms. The Morgan fingerprint density at radius 1 is 1.33 bits per heavy atom. The molecule has 0 unspecified atom stereocenters. The molecule has 126 valence electrons. The fourth-order valence-corrected chi connectivity index (χ4v) is 3.12. The summed E-state index contributed by atoms with van der Waals surface area (Å²) in [6.07, 6.45) is -0.119. The Morgan fingerprint density at radius 2 is 2.04 bits per heavy atom. The Balaban J connectivity index is 1.44. The third-order valence-corrected chi connectivity index (χ3v) is 4.54. The van der Waals surface area contributed by atoms with Crippen LogP contribution in [-0.4, -0.2) is 35.8 Å². The molecule has 7 heteroatoms. The largest absolute Gasteiger partial charge is 0.486 e. The van der Waals surface area contributed by atoms with Gasteiger partial charge in [0.05, 0.1) is 24.9 Å². The summed E-state index contributed by atoms with van der Waals surface area (Å²) >= 11 is 1.37. The molecule has 3 rings (SSSR count). The van der Waals surface area contributed by atoms with Gasteiger partial charge in [0.25, 0.3) is 0 Å². The van der Waals surface area contributed by atoms with Gasteiger partial charge in [0, 0.05) is 11.0 Å². The molecule has 2 aromatic rings. The van der Waals surface area contributed by atoms with Crippen molar-refractivity contribution in [2.75, 3.05) is 18.8 Å². The Kier molecular flexibility index (Phi) is 4.89. The topological polar surface area (TPSA) is 59.8 Å². The molecule has 0 saturated carbocycles. The molecule has 1 saturated heterocycles. The highest BCUT2D eigenvalue weighted by Gasteiger charge is 2.32. The average molecular weight is 349 g/mol. The van der Waals surface area contributed by atoms with Gasteiger partial charge in [-0.25, -0.2) is 9.18 Å². The highest BCUT2D eigenvalue weighted by atomic mass is 32.2. The molecular weight excluding hydrogens is 333 g/mol. The van der Waals surface area contributed by atoms with E-state index >= 15 is 0 Å². The monoisotopic (exact) mass is 349 g/mol. The Bertz CT molecular complexity index is 784. The summed E-state index contributed by atoms with van der Waals surface area (Å²) in [6.45, 7) is 2.65. The normalized spacial score (nSPS) is 14.3. The van der Waals surface area contributed by atoms with Gasteiger partial charge in [-0.3, -0.25) is 4.79 Å². The second-order valence-electron chi connectivity index (χ2n) is 5.50. The predicted octanol–water partition coefficient (Wildman–Crippen LogP) is 2.47. The van der Waals surface area contributed by atoms with Crippen LogP contribution in [0.15, 0.2) is 50.5 Å². The van der Waals surface area contributed by atoms with Crippen LogP contribution in [0, 0.1) is 12.7 Å². The van der Waals surface area contributed by atoms with Crippen LogP contribution in [0.25, 0.3) is 0 Å². The maximum atomic E-state index is 12.8. The van der Waals surface area contributed by atoms with Crippen molar-refractivity contribution in [2.45, 2.75) is 17.9 Å². The number of benzene rings is 1. The first-order chi connectivity index (χ1) is 11.5. The van der Waals surface area contributed by atoms with Gasteiger partial charge in [-0.05, 0) is 31.2 Å². The SMILES string of the molecule is Cc1cc(OC2CN(C(=O)CSc3ccc(F)cc3)C2)cc(=O)o1. The zero-order valence-corrected chi connectivity index (χ0v) is 13.8. The van der Waals surface area contributed by atoms with E-state index in [4.69, 9.17) is 9.15 Å². The molecule has 0 bridgehead atoms. The van der Waals surface area contributed by atoms with Gasteiger partial charge >= 0.3 is 5.63 Å². The van der Waals surface area contributed by atoms with Crippen molar-refractivity contribution in [1.29, 1.82) is 0 Å². The quantitative estimate of drug-likeness (QED) is 0.776. The van der Waals surface area contributed by atoms with Crippen molar-refractivity contribution >= 4 is 17.7 Å². The van der Waals surface area contributed by atoms with E-state index in [1.165, 1.54) is 30.0 Å². The molecule has 0 N–H and O–H groups in total. The standard InChI is InChI=1S/C17H16FNO4S/c1-11-6-13(7-17(21)22-11)23-14-8-19(9-14)16(20)10-24-15-4-2-12(18)3-5-15/h2-7,14H,8-10H2,1H3. The van der Waals surface area contributed by atoms with E-state index in [-0.39, 0.29) is 17.8 Å². The molecule has 24 heavy (non-hydrogen) atoms. The van der Waals surface area contributed by atoms with Gasteiger partial charge in [0.1, 0.15) is 23.4 Å². The van der Waals surface area contributed by atoms with E-state index in [1.54, 1.807) is 30.0 Å². The van der Waals surface area contributed by atoms with Crippen molar-refractivity contribution < 1.29 is 18.3 Å². The first-order valence-corrected chi connectivity index (χ1v) is 8.43. The minimum atomic E-state index is -0.451. The highest BCUT2D eigenvalue weighted by molar-refractivity contribution is 8.00. The molecule has 0 atom stereocenters. The number of amides is 1. The van der Waals surface area contributed by atoms with Crippen molar-refractivity contribution in [2.24, 2.45) is 0 Å². The molecule has 2 heterocycles. The summed E-state index contributed by atoms with van der Waals surface area (Å²) in [7, 11) is 0. The minimum absolute atomic E-state index is 0.00734. The summed E-state index contributed by atoms with van der Waals surface area (Å²) in [6, 6.07) is 8.99. The molecule has 1 aromatic carbocycles. The molecule has 1 aliphatic rings. The molecule has 0 aliphatic carbocycles. The third-order valence-electron chi connectivity index (χ3n) is 3.55. The van der Waals surface area contributed by atoms with Crippen molar-refractivity contribution in [1.82, 2.24) is 4.90 Å². The Hall–Kier alpha value is -2.28. The van der Waals surface area contributed by atoms with Gasteiger partial charge in [-0.2, -0.15) is 0 Å². The van der Waals surface area contributed by atoms with E-state index in [0.717, 1.165) is 4.90 Å². The minimum Gasteiger partial charge on any atom is -0.486 e.